The van der Waals surface area contributed by atoms with Gasteiger partial charge in [0.1, 0.15) is 11.8 Å². The Hall–Kier alpha value is -2.50. The maximum Gasteiger partial charge on any atom is 0.317 e. The number of nitrogens with zero attached hydrogens (tertiary/aromatic N) is 2. The highest BCUT2D eigenvalue weighted by molar-refractivity contribution is 5.69. The molecule has 0 amide bonds. The number of carboxylic acid groups (broad SMARTS) is 1. The minimum Gasteiger partial charge on any atom is -0.495 e. The van der Waals surface area contributed by atoms with Crippen molar-refractivity contribution in [1.82, 2.24) is 4.90 Å². The molecule has 0 fully saturated rings. The average Bonchev–Trinajstić information content (AvgIpc) is 2.38. The summed E-state index contributed by atoms with van der Waals surface area (Å²) in [6.07, 6.45) is 5.20. The van der Waals surface area contributed by atoms with Crippen LogP contribution in [0.1, 0.15) is 11.1 Å². The Morgan fingerprint density at radius 2 is 2.32 bits per heavy atom. The first-order chi connectivity index (χ1) is 9.10. The van der Waals surface area contributed by atoms with Crippen LogP contribution in [0.25, 0.3) is 0 Å². The molecule has 5 heteroatoms. The van der Waals surface area contributed by atoms with Crippen molar-refractivity contribution in [3.05, 3.63) is 29.3 Å². The van der Waals surface area contributed by atoms with E-state index in [9.17, 15) is 4.79 Å². The molecule has 0 aromatic heterocycles. The van der Waals surface area contributed by atoms with E-state index in [0.29, 0.717) is 17.9 Å². The molecule has 0 spiro atoms. The van der Waals surface area contributed by atoms with Gasteiger partial charge in [-0.2, -0.15) is 5.26 Å². The molecule has 0 unspecified atom stereocenters. The monoisotopic (exact) mass is 258 g/mol. The van der Waals surface area contributed by atoms with Crippen molar-refractivity contribution in [1.29, 1.82) is 5.26 Å². The quantitative estimate of drug-likeness (QED) is 0.773. The first kappa shape index (κ1) is 14.6. The highest BCUT2D eigenvalue weighted by Gasteiger charge is 2.11. The van der Waals surface area contributed by atoms with E-state index in [2.05, 4.69) is 5.92 Å². The van der Waals surface area contributed by atoms with Crippen LogP contribution in [0.4, 0.5) is 0 Å². The van der Waals surface area contributed by atoms with Crippen LogP contribution in [-0.2, 0) is 11.3 Å². The van der Waals surface area contributed by atoms with E-state index in [4.69, 9.17) is 21.5 Å². The number of nitriles is 1. The molecular weight excluding hydrogens is 244 g/mol. The largest absolute Gasteiger partial charge is 0.495 e. The number of hydrogen-bond donors (Lipinski definition) is 1. The number of carboxylic acids is 1. The van der Waals surface area contributed by atoms with Crippen molar-refractivity contribution < 1.29 is 14.6 Å². The average molecular weight is 258 g/mol. The van der Waals surface area contributed by atoms with Crippen molar-refractivity contribution in [2.24, 2.45) is 0 Å². The number of benzene rings is 1. The van der Waals surface area contributed by atoms with Crippen molar-refractivity contribution in [2.75, 3.05) is 20.2 Å². The maximum absolute atomic E-state index is 10.7. The fourth-order valence-electron chi connectivity index (χ4n) is 1.69. The molecule has 1 aromatic carbocycles. The zero-order valence-electron chi connectivity index (χ0n) is 10.6. The summed E-state index contributed by atoms with van der Waals surface area (Å²) in [5.74, 6) is 1.97. The van der Waals surface area contributed by atoms with Gasteiger partial charge in [-0.05, 0) is 17.7 Å². The Kier molecular flexibility index (Phi) is 5.40. The number of hydrogen-bond acceptors (Lipinski definition) is 4. The second-order valence-electron chi connectivity index (χ2n) is 3.89. The summed E-state index contributed by atoms with van der Waals surface area (Å²) in [4.78, 5) is 12.3. The van der Waals surface area contributed by atoms with Crippen molar-refractivity contribution in [3.8, 4) is 24.2 Å². The van der Waals surface area contributed by atoms with Gasteiger partial charge in [0, 0.05) is 6.54 Å². The molecule has 0 bridgehead atoms. The van der Waals surface area contributed by atoms with E-state index in [-0.39, 0.29) is 13.1 Å². The topological polar surface area (TPSA) is 73.6 Å². The van der Waals surface area contributed by atoms with Gasteiger partial charge >= 0.3 is 5.97 Å². The first-order valence-corrected chi connectivity index (χ1v) is 5.55. The van der Waals surface area contributed by atoms with Crippen LogP contribution in [-0.4, -0.2) is 36.2 Å². The second kappa shape index (κ2) is 7.05. The van der Waals surface area contributed by atoms with Crippen molar-refractivity contribution in [3.63, 3.8) is 0 Å². The van der Waals surface area contributed by atoms with Gasteiger partial charge in [0.05, 0.1) is 25.8 Å². The summed E-state index contributed by atoms with van der Waals surface area (Å²) in [6, 6.07) is 7.17. The number of rotatable bonds is 6. The lowest BCUT2D eigenvalue weighted by Crippen LogP contribution is -2.29. The Morgan fingerprint density at radius 1 is 1.58 bits per heavy atom. The predicted molar refractivity (Wildman–Crippen MR) is 69.5 cm³/mol. The Labute approximate surface area is 112 Å². The van der Waals surface area contributed by atoms with Gasteiger partial charge in [-0.3, -0.25) is 9.69 Å². The molecule has 0 radical (unpaired) electrons. The summed E-state index contributed by atoms with van der Waals surface area (Å²) >= 11 is 0. The van der Waals surface area contributed by atoms with Crippen LogP contribution in [0, 0.1) is 23.7 Å². The predicted octanol–water partition coefficient (Wildman–Crippen LogP) is 1.09. The van der Waals surface area contributed by atoms with Crippen LogP contribution in [0.15, 0.2) is 18.2 Å². The highest BCUT2D eigenvalue weighted by Crippen LogP contribution is 2.19. The number of methoxy groups -OCH3 is 1. The molecule has 98 valence electrons. The number of terminal acetylenes is 1. The van der Waals surface area contributed by atoms with E-state index in [1.54, 1.807) is 23.1 Å². The maximum atomic E-state index is 10.7. The molecule has 0 aliphatic carbocycles. The van der Waals surface area contributed by atoms with Gasteiger partial charge in [-0.15, -0.1) is 6.42 Å². The first-order valence-electron chi connectivity index (χ1n) is 5.55. The fourth-order valence-corrected chi connectivity index (χ4v) is 1.69. The second-order valence-corrected chi connectivity index (χ2v) is 3.89. The fraction of sp³-hybridized carbons (Fsp3) is 0.286. The molecule has 1 N–H and O–H groups in total. The Balaban J connectivity index is 2.88. The lowest BCUT2D eigenvalue weighted by molar-refractivity contribution is -0.138. The summed E-state index contributed by atoms with van der Waals surface area (Å²) < 4.78 is 5.05. The molecule has 0 heterocycles. The van der Waals surface area contributed by atoms with Crippen molar-refractivity contribution in [2.45, 2.75) is 6.54 Å². The molecule has 0 saturated heterocycles. The third-order valence-electron chi connectivity index (χ3n) is 2.46. The zero-order valence-corrected chi connectivity index (χ0v) is 10.6. The molecule has 1 aromatic rings. The van der Waals surface area contributed by atoms with Gasteiger partial charge in [0.2, 0.25) is 0 Å². The van der Waals surface area contributed by atoms with Crippen LogP contribution >= 0.6 is 0 Å². The number of aliphatic carboxylic acids is 1. The SMILES string of the molecule is C#CCN(CC(=O)O)Cc1ccc(OC)c(C#N)c1. The summed E-state index contributed by atoms with van der Waals surface area (Å²) in [5, 5.41) is 17.8. The highest BCUT2D eigenvalue weighted by atomic mass is 16.5. The molecule has 5 nitrogen and oxygen atoms in total. The number of ether oxygens (including phenoxy) is 1. The third-order valence-corrected chi connectivity index (χ3v) is 2.46. The lowest BCUT2D eigenvalue weighted by atomic mass is 10.1. The summed E-state index contributed by atoms with van der Waals surface area (Å²) in [6.45, 7) is 0.466. The molecular formula is C14H14N2O3. The van der Waals surface area contributed by atoms with Crippen LogP contribution in [0.2, 0.25) is 0 Å². The van der Waals surface area contributed by atoms with Gasteiger partial charge < -0.3 is 9.84 Å². The minimum absolute atomic E-state index is 0.141. The van der Waals surface area contributed by atoms with E-state index in [1.807, 2.05) is 6.07 Å². The van der Waals surface area contributed by atoms with E-state index in [0.717, 1.165) is 5.56 Å². The van der Waals surface area contributed by atoms with Crippen LogP contribution in [0.5, 0.6) is 5.75 Å². The molecule has 19 heavy (non-hydrogen) atoms. The normalized spacial score (nSPS) is 9.68. The van der Waals surface area contributed by atoms with E-state index in [1.165, 1.54) is 7.11 Å². The molecule has 0 atom stereocenters. The van der Waals surface area contributed by atoms with Gasteiger partial charge in [-0.1, -0.05) is 12.0 Å². The van der Waals surface area contributed by atoms with E-state index < -0.39 is 5.97 Å². The smallest absolute Gasteiger partial charge is 0.317 e. The third kappa shape index (κ3) is 4.34. The van der Waals surface area contributed by atoms with Gasteiger partial charge in [0.25, 0.3) is 0 Å². The standard InChI is InChI=1S/C14H14N2O3/c1-3-6-16(10-14(17)18)9-11-4-5-13(19-2)12(7-11)8-15/h1,4-5,7H,6,9-10H2,2H3,(H,17,18). The minimum atomic E-state index is -0.940. The van der Waals surface area contributed by atoms with Gasteiger partial charge in [0.15, 0.2) is 0 Å². The van der Waals surface area contributed by atoms with Gasteiger partial charge in [-0.25, -0.2) is 0 Å². The molecule has 0 aliphatic rings. The summed E-state index contributed by atoms with van der Waals surface area (Å²) in [7, 11) is 1.49. The molecule has 0 aliphatic heterocycles. The molecule has 0 saturated carbocycles. The Morgan fingerprint density at radius 3 is 2.84 bits per heavy atom. The number of carbonyl (C=O) groups is 1. The zero-order chi connectivity index (χ0) is 14.3. The van der Waals surface area contributed by atoms with Crippen molar-refractivity contribution >= 4 is 5.97 Å². The molecule has 1 rings (SSSR count). The Bertz CT molecular complexity index is 541. The van der Waals surface area contributed by atoms with E-state index >= 15 is 0 Å². The lowest BCUT2D eigenvalue weighted by Gasteiger charge is -2.17. The van der Waals surface area contributed by atoms with Crippen LogP contribution in [0.3, 0.4) is 0 Å². The summed E-state index contributed by atoms with van der Waals surface area (Å²) in [5.41, 5.74) is 1.23. The van der Waals surface area contributed by atoms with Crippen LogP contribution < -0.4 is 4.74 Å².